The Morgan fingerprint density at radius 1 is 1.04 bits per heavy atom. The van der Waals surface area contributed by atoms with Crippen molar-refractivity contribution in [2.45, 2.75) is 6.36 Å². The van der Waals surface area contributed by atoms with Crippen LogP contribution in [0.25, 0.3) is 16.9 Å². The van der Waals surface area contributed by atoms with Gasteiger partial charge in [-0.05, 0) is 36.4 Å². The SMILES string of the molecule is O=C(O)c1nnn(-c2ccc(OC(F)(F)F)cc2)c1-c1cc(F)cc(F)c1. The summed E-state index contributed by atoms with van der Waals surface area (Å²) in [5.74, 6) is -3.92. The lowest BCUT2D eigenvalue weighted by Crippen LogP contribution is -2.17. The predicted molar refractivity (Wildman–Crippen MR) is 80.4 cm³/mol. The van der Waals surface area contributed by atoms with Gasteiger partial charge in [-0.15, -0.1) is 18.3 Å². The lowest BCUT2D eigenvalue weighted by atomic mass is 10.1. The van der Waals surface area contributed by atoms with E-state index >= 15 is 0 Å². The van der Waals surface area contributed by atoms with E-state index in [1.807, 2.05) is 0 Å². The van der Waals surface area contributed by atoms with Crippen LogP contribution in [0, 0.1) is 11.6 Å². The number of alkyl halides is 3. The highest BCUT2D eigenvalue weighted by Crippen LogP contribution is 2.29. The third-order valence-corrected chi connectivity index (χ3v) is 3.32. The van der Waals surface area contributed by atoms with Crippen molar-refractivity contribution in [3.8, 4) is 22.7 Å². The molecule has 0 radical (unpaired) electrons. The van der Waals surface area contributed by atoms with E-state index in [1.54, 1.807) is 0 Å². The Morgan fingerprint density at radius 3 is 2.15 bits per heavy atom. The molecule has 140 valence electrons. The maximum absolute atomic E-state index is 13.5. The van der Waals surface area contributed by atoms with Crippen molar-refractivity contribution in [2.24, 2.45) is 0 Å². The molecule has 0 saturated carbocycles. The van der Waals surface area contributed by atoms with E-state index in [4.69, 9.17) is 0 Å². The standard InChI is InChI=1S/C16H8F5N3O3/c17-9-5-8(6-10(18)7-9)14-13(15(25)26)22-23-24(14)11-1-3-12(4-2-11)27-16(19,20)21/h1-7H,(H,25,26). The van der Waals surface area contributed by atoms with Gasteiger partial charge in [-0.3, -0.25) is 0 Å². The molecule has 1 heterocycles. The molecular formula is C16H8F5N3O3. The fourth-order valence-corrected chi connectivity index (χ4v) is 2.35. The fourth-order valence-electron chi connectivity index (χ4n) is 2.35. The van der Waals surface area contributed by atoms with E-state index < -0.39 is 35.4 Å². The number of carboxylic acid groups (broad SMARTS) is 1. The van der Waals surface area contributed by atoms with Gasteiger partial charge >= 0.3 is 12.3 Å². The number of aromatic carboxylic acids is 1. The number of rotatable bonds is 4. The smallest absolute Gasteiger partial charge is 0.476 e. The van der Waals surface area contributed by atoms with Crippen LogP contribution in [0.15, 0.2) is 42.5 Å². The number of hydrogen-bond acceptors (Lipinski definition) is 4. The van der Waals surface area contributed by atoms with Gasteiger partial charge in [0.25, 0.3) is 0 Å². The lowest BCUT2D eigenvalue weighted by Gasteiger charge is -2.11. The average Bonchev–Trinajstić information content (AvgIpc) is 2.98. The summed E-state index contributed by atoms with van der Waals surface area (Å²) in [4.78, 5) is 11.4. The van der Waals surface area contributed by atoms with E-state index in [2.05, 4.69) is 15.0 Å². The lowest BCUT2D eigenvalue weighted by molar-refractivity contribution is -0.274. The molecular weight excluding hydrogens is 377 g/mol. The van der Waals surface area contributed by atoms with Crippen molar-refractivity contribution in [3.05, 3.63) is 59.8 Å². The first kappa shape index (κ1) is 18.3. The van der Waals surface area contributed by atoms with Gasteiger partial charge in [0.2, 0.25) is 0 Å². The Balaban J connectivity index is 2.10. The molecule has 2 aromatic carbocycles. The number of carboxylic acids is 1. The highest BCUT2D eigenvalue weighted by molar-refractivity contribution is 5.93. The third kappa shape index (κ3) is 4.02. The minimum atomic E-state index is -4.88. The summed E-state index contributed by atoms with van der Waals surface area (Å²) in [7, 11) is 0. The van der Waals surface area contributed by atoms with Gasteiger partial charge in [-0.2, -0.15) is 0 Å². The van der Waals surface area contributed by atoms with E-state index in [0.717, 1.165) is 41.1 Å². The minimum Gasteiger partial charge on any atom is -0.476 e. The van der Waals surface area contributed by atoms with Gasteiger partial charge in [0, 0.05) is 11.6 Å². The van der Waals surface area contributed by atoms with Crippen molar-refractivity contribution in [1.82, 2.24) is 15.0 Å². The molecule has 0 saturated heterocycles. The van der Waals surface area contributed by atoms with Crippen molar-refractivity contribution < 1.29 is 36.6 Å². The molecule has 3 aromatic rings. The van der Waals surface area contributed by atoms with Gasteiger partial charge in [-0.1, -0.05) is 5.21 Å². The summed E-state index contributed by atoms with van der Waals surface area (Å²) in [5, 5.41) is 16.3. The predicted octanol–water partition coefficient (Wildman–Crippen LogP) is 3.81. The van der Waals surface area contributed by atoms with Crippen LogP contribution >= 0.6 is 0 Å². The molecule has 0 aliphatic carbocycles. The van der Waals surface area contributed by atoms with Crippen LogP contribution in [0.1, 0.15) is 10.5 Å². The van der Waals surface area contributed by atoms with Gasteiger partial charge < -0.3 is 9.84 Å². The van der Waals surface area contributed by atoms with Crippen LogP contribution in [-0.4, -0.2) is 32.4 Å². The summed E-state index contributed by atoms with van der Waals surface area (Å²) in [5.41, 5.74) is -0.893. The number of nitrogens with zero attached hydrogens (tertiary/aromatic N) is 3. The molecule has 0 fully saturated rings. The van der Waals surface area contributed by atoms with Crippen LogP contribution in [0.2, 0.25) is 0 Å². The summed E-state index contributed by atoms with van der Waals surface area (Å²) in [6.07, 6.45) is -4.88. The van der Waals surface area contributed by atoms with Gasteiger partial charge in [0.1, 0.15) is 23.1 Å². The highest BCUT2D eigenvalue weighted by Gasteiger charge is 2.31. The first-order valence-electron chi connectivity index (χ1n) is 7.16. The van der Waals surface area contributed by atoms with E-state index in [-0.39, 0.29) is 16.9 Å². The van der Waals surface area contributed by atoms with Crippen molar-refractivity contribution in [3.63, 3.8) is 0 Å². The quantitative estimate of drug-likeness (QED) is 0.691. The van der Waals surface area contributed by atoms with E-state index in [0.29, 0.717) is 6.07 Å². The monoisotopic (exact) mass is 385 g/mol. The molecule has 27 heavy (non-hydrogen) atoms. The van der Waals surface area contributed by atoms with E-state index in [1.165, 1.54) is 0 Å². The number of ether oxygens (including phenoxy) is 1. The first-order chi connectivity index (χ1) is 12.6. The summed E-state index contributed by atoms with van der Waals surface area (Å²) < 4.78 is 68.5. The molecule has 0 amide bonds. The molecule has 11 heteroatoms. The Labute approximate surface area is 147 Å². The minimum absolute atomic E-state index is 0.101. The molecule has 0 unspecified atom stereocenters. The van der Waals surface area contributed by atoms with Gasteiger partial charge in [0.05, 0.1) is 5.69 Å². The summed E-state index contributed by atoms with van der Waals surface area (Å²) in [6.45, 7) is 0. The van der Waals surface area contributed by atoms with Crippen LogP contribution < -0.4 is 4.74 Å². The number of benzene rings is 2. The van der Waals surface area contributed by atoms with Crippen LogP contribution in [0.3, 0.4) is 0 Å². The largest absolute Gasteiger partial charge is 0.573 e. The molecule has 0 atom stereocenters. The Morgan fingerprint density at radius 2 is 1.63 bits per heavy atom. The zero-order valence-corrected chi connectivity index (χ0v) is 13.0. The fraction of sp³-hybridized carbons (Fsp3) is 0.0625. The summed E-state index contributed by atoms with van der Waals surface area (Å²) in [6, 6.07) is 6.61. The van der Waals surface area contributed by atoms with Crippen LogP contribution in [0.4, 0.5) is 22.0 Å². The number of halogens is 5. The molecule has 1 N–H and O–H groups in total. The molecule has 0 aliphatic rings. The number of aromatic nitrogens is 3. The molecule has 1 aromatic heterocycles. The van der Waals surface area contributed by atoms with E-state index in [9.17, 15) is 31.9 Å². The maximum atomic E-state index is 13.5. The van der Waals surface area contributed by atoms with Crippen molar-refractivity contribution in [2.75, 3.05) is 0 Å². The normalized spacial score (nSPS) is 11.4. The topological polar surface area (TPSA) is 77.2 Å². The number of hydrogen-bond donors (Lipinski definition) is 1. The van der Waals surface area contributed by atoms with Crippen LogP contribution in [-0.2, 0) is 0 Å². The summed E-state index contributed by atoms with van der Waals surface area (Å²) >= 11 is 0. The second kappa shape index (κ2) is 6.67. The highest BCUT2D eigenvalue weighted by atomic mass is 19.4. The van der Waals surface area contributed by atoms with Gasteiger partial charge in [0.15, 0.2) is 5.69 Å². The first-order valence-corrected chi connectivity index (χ1v) is 7.16. The van der Waals surface area contributed by atoms with Gasteiger partial charge in [-0.25, -0.2) is 18.3 Å². The second-order valence-corrected chi connectivity index (χ2v) is 5.20. The number of carbonyl (C=O) groups is 1. The molecule has 0 spiro atoms. The Kier molecular flexibility index (Phi) is 4.52. The maximum Gasteiger partial charge on any atom is 0.573 e. The molecule has 0 aliphatic heterocycles. The molecule has 3 rings (SSSR count). The average molecular weight is 385 g/mol. The molecule has 6 nitrogen and oxygen atoms in total. The van der Waals surface area contributed by atoms with Crippen molar-refractivity contribution in [1.29, 1.82) is 0 Å². The zero-order valence-electron chi connectivity index (χ0n) is 13.0. The molecule has 0 bridgehead atoms. The Bertz CT molecular complexity index is 979. The Hall–Kier alpha value is -3.50. The van der Waals surface area contributed by atoms with Crippen LogP contribution in [0.5, 0.6) is 5.75 Å². The third-order valence-electron chi connectivity index (χ3n) is 3.32. The zero-order chi connectivity index (χ0) is 19.8. The second-order valence-electron chi connectivity index (χ2n) is 5.20. The van der Waals surface area contributed by atoms with Crippen molar-refractivity contribution >= 4 is 5.97 Å².